The van der Waals surface area contributed by atoms with E-state index < -0.39 is 10.0 Å². The zero-order valence-corrected chi connectivity index (χ0v) is 16.1. The first-order valence-electron chi connectivity index (χ1n) is 8.04. The maximum Gasteiger partial charge on any atom is 0.244 e. The van der Waals surface area contributed by atoms with Crippen LogP contribution in [0.5, 0.6) is 0 Å². The van der Waals surface area contributed by atoms with Gasteiger partial charge in [-0.1, -0.05) is 17.8 Å². The summed E-state index contributed by atoms with van der Waals surface area (Å²) in [6.45, 7) is 8.15. The average molecular weight is 385 g/mol. The van der Waals surface area contributed by atoms with Crippen LogP contribution >= 0.6 is 11.8 Å². The van der Waals surface area contributed by atoms with Gasteiger partial charge in [0.1, 0.15) is 4.90 Å². The molecule has 1 atom stereocenters. The Morgan fingerprint density at radius 3 is 2.64 bits per heavy atom. The predicted octanol–water partition coefficient (Wildman–Crippen LogP) is 0.800. The van der Waals surface area contributed by atoms with E-state index in [4.69, 9.17) is 0 Å². The minimum Gasteiger partial charge on any atom is -0.352 e. The van der Waals surface area contributed by atoms with Crippen LogP contribution in [0.25, 0.3) is 0 Å². The van der Waals surface area contributed by atoms with Gasteiger partial charge < -0.3 is 10.2 Å². The number of carbonyl (C=O) groups excluding carboxylic acids is 1. The molecule has 1 amide bonds. The number of nitrogens with zero attached hydrogens (tertiary/aromatic N) is 3. The normalized spacial score (nSPS) is 17.8. The van der Waals surface area contributed by atoms with E-state index in [2.05, 4.69) is 21.8 Å². The summed E-state index contributed by atoms with van der Waals surface area (Å²) in [5.74, 6) is -0.110. The van der Waals surface area contributed by atoms with E-state index in [1.807, 2.05) is 7.05 Å². The Balaban J connectivity index is 2.01. The monoisotopic (exact) mass is 384 g/mol. The molecule has 1 aliphatic heterocycles. The van der Waals surface area contributed by atoms with Gasteiger partial charge in [-0.2, -0.15) is 4.31 Å². The van der Waals surface area contributed by atoms with Crippen LogP contribution in [0.15, 0.2) is 40.9 Å². The second kappa shape index (κ2) is 8.79. The number of carbonyl (C=O) groups is 1. The van der Waals surface area contributed by atoms with Crippen LogP contribution in [0.2, 0.25) is 0 Å². The van der Waals surface area contributed by atoms with E-state index in [1.54, 1.807) is 25.1 Å². The average Bonchev–Trinajstić information content (AvgIpc) is 2.60. The van der Waals surface area contributed by atoms with Crippen LogP contribution in [0.3, 0.4) is 0 Å². The molecular weight excluding hydrogens is 360 g/mol. The Kier molecular flexibility index (Phi) is 7.00. The molecule has 9 heteroatoms. The van der Waals surface area contributed by atoms with Crippen LogP contribution in [0.4, 0.5) is 0 Å². The van der Waals surface area contributed by atoms with Crippen LogP contribution in [0, 0.1) is 0 Å². The number of hydrogen-bond acceptors (Lipinski definition) is 6. The van der Waals surface area contributed by atoms with Crippen molar-refractivity contribution < 1.29 is 13.2 Å². The van der Waals surface area contributed by atoms with Crippen molar-refractivity contribution in [2.75, 3.05) is 39.8 Å². The number of thioether (sulfide) groups is 1. The van der Waals surface area contributed by atoms with Gasteiger partial charge in [0.15, 0.2) is 0 Å². The van der Waals surface area contributed by atoms with E-state index in [1.165, 1.54) is 22.3 Å². The highest BCUT2D eigenvalue weighted by Crippen LogP contribution is 2.23. The summed E-state index contributed by atoms with van der Waals surface area (Å²) in [5, 5.41) is 3.01. The van der Waals surface area contributed by atoms with Crippen LogP contribution in [-0.2, 0) is 14.8 Å². The zero-order chi connectivity index (χ0) is 18.4. The Morgan fingerprint density at radius 1 is 1.40 bits per heavy atom. The Bertz CT molecular complexity index is 699. The van der Waals surface area contributed by atoms with Gasteiger partial charge in [0.2, 0.25) is 15.9 Å². The molecule has 138 valence electrons. The molecule has 1 aliphatic rings. The molecule has 0 aromatic carbocycles. The molecular formula is C16H24N4O3S2. The van der Waals surface area contributed by atoms with Crippen molar-refractivity contribution in [3.05, 3.63) is 31.0 Å². The number of hydrogen-bond donors (Lipinski definition) is 1. The summed E-state index contributed by atoms with van der Waals surface area (Å²) in [4.78, 5) is 18.3. The highest BCUT2D eigenvalue weighted by molar-refractivity contribution is 8.00. The van der Waals surface area contributed by atoms with Crippen LogP contribution in [0.1, 0.15) is 6.92 Å². The highest BCUT2D eigenvalue weighted by atomic mass is 32.2. The number of nitrogens with one attached hydrogen (secondary N) is 1. The Morgan fingerprint density at radius 2 is 2.08 bits per heavy atom. The molecule has 0 bridgehead atoms. The standard InChI is InChI=1S/C16H24N4O3S2/c1-4-7-17-16(21)13(2)24-15-6-5-14(12-18-15)25(22,23)20-10-8-19(3)9-11-20/h4-6,12-13H,1,7-11H2,2-3H3,(H,17,21)/t13-/m1/s1. The largest absolute Gasteiger partial charge is 0.352 e. The molecule has 0 saturated carbocycles. The van der Waals surface area contributed by atoms with Crippen LogP contribution < -0.4 is 5.32 Å². The summed E-state index contributed by atoms with van der Waals surface area (Å²) in [6.07, 6.45) is 2.98. The fourth-order valence-corrected chi connectivity index (χ4v) is 4.50. The third kappa shape index (κ3) is 5.27. The van der Waals surface area contributed by atoms with E-state index in [0.29, 0.717) is 24.7 Å². The third-order valence-corrected chi connectivity index (χ3v) is 6.83. The molecule has 1 aromatic heterocycles. The van der Waals surface area contributed by atoms with Gasteiger partial charge in [-0.3, -0.25) is 4.79 Å². The lowest BCUT2D eigenvalue weighted by Gasteiger charge is -2.31. The lowest BCUT2D eigenvalue weighted by molar-refractivity contribution is -0.120. The number of piperazine rings is 1. The van der Waals surface area contributed by atoms with Gasteiger partial charge in [0.05, 0.1) is 10.3 Å². The number of rotatable bonds is 7. The number of aromatic nitrogens is 1. The second-order valence-corrected chi connectivity index (χ2v) is 9.13. The summed E-state index contributed by atoms with van der Waals surface area (Å²) in [7, 11) is -1.54. The number of likely N-dealkylation sites (N-methyl/N-ethyl adjacent to an activating group) is 1. The molecule has 0 unspecified atom stereocenters. The van der Waals surface area contributed by atoms with Crippen molar-refractivity contribution in [2.24, 2.45) is 0 Å². The SMILES string of the molecule is C=CCNC(=O)[C@@H](C)Sc1ccc(S(=O)(=O)N2CCN(C)CC2)cn1. The molecule has 0 radical (unpaired) electrons. The molecule has 25 heavy (non-hydrogen) atoms. The summed E-state index contributed by atoms with van der Waals surface area (Å²) in [6, 6.07) is 3.20. The van der Waals surface area contributed by atoms with E-state index in [9.17, 15) is 13.2 Å². The van der Waals surface area contributed by atoms with Crippen LogP contribution in [-0.4, -0.2) is 73.5 Å². The summed E-state index contributed by atoms with van der Waals surface area (Å²) in [5.41, 5.74) is 0. The lowest BCUT2D eigenvalue weighted by atomic mass is 10.4. The first-order chi connectivity index (χ1) is 11.8. The van der Waals surface area contributed by atoms with Crippen molar-refractivity contribution in [2.45, 2.75) is 22.1 Å². The topological polar surface area (TPSA) is 82.6 Å². The lowest BCUT2D eigenvalue weighted by Crippen LogP contribution is -2.47. The summed E-state index contributed by atoms with van der Waals surface area (Å²) >= 11 is 1.28. The van der Waals surface area contributed by atoms with Crippen molar-refractivity contribution in [3.8, 4) is 0 Å². The van der Waals surface area contributed by atoms with Gasteiger partial charge in [-0.25, -0.2) is 13.4 Å². The third-order valence-electron chi connectivity index (χ3n) is 3.90. The highest BCUT2D eigenvalue weighted by Gasteiger charge is 2.27. The molecule has 0 spiro atoms. The molecule has 1 N–H and O–H groups in total. The van der Waals surface area contributed by atoms with Gasteiger partial charge in [-0.15, -0.1) is 6.58 Å². The molecule has 1 aromatic rings. The van der Waals surface area contributed by atoms with E-state index in [-0.39, 0.29) is 16.1 Å². The van der Waals surface area contributed by atoms with E-state index >= 15 is 0 Å². The fraction of sp³-hybridized carbons (Fsp3) is 0.500. The van der Waals surface area contributed by atoms with Crippen molar-refractivity contribution in [3.63, 3.8) is 0 Å². The molecule has 1 saturated heterocycles. The number of amides is 1. The fourth-order valence-electron chi connectivity index (χ4n) is 2.32. The van der Waals surface area contributed by atoms with Gasteiger partial charge in [0, 0.05) is 38.9 Å². The first kappa shape index (κ1) is 19.9. The maximum atomic E-state index is 12.6. The van der Waals surface area contributed by atoms with Gasteiger partial charge in [-0.05, 0) is 26.1 Å². The van der Waals surface area contributed by atoms with Crippen molar-refractivity contribution in [1.29, 1.82) is 0 Å². The number of sulfonamides is 1. The molecule has 7 nitrogen and oxygen atoms in total. The maximum absolute atomic E-state index is 12.6. The molecule has 2 heterocycles. The van der Waals surface area contributed by atoms with Gasteiger partial charge >= 0.3 is 0 Å². The molecule has 0 aliphatic carbocycles. The first-order valence-corrected chi connectivity index (χ1v) is 10.4. The van der Waals surface area contributed by atoms with Gasteiger partial charge in [0.25, 0.3) is 0 Å². The zero-order valence-electron chi connectivity index (χ0n) is 14.5. The Hall–Kier alpha value is -1.42. The van der Waals surface area contributed by atoms with Crippen molar-refractivity contribution in [1.82, 2.24) is 19.5 Å². The molecule has 1 fully saturated rings. The predicted molar refractivity (Wildman–Crippen MR) is 99.0 cm³/mol. The minimum atomic E-state index is -3.51. The smallest absolute Gasteiger partial charge is 0.244 e. The minimum absolute atomic E-state index is 0.110. The molecule has 2 rings (SSSR count). The quantitative estimate of drug-likeness (QED) is 0.553. The Labute approximate surface area is 153 Å². The van der Waals surface area contributed by atoms with Crippen molar-refractivity contribution >= 4 is 27.7 Å². The van der Waals surface area contributed by atoms with E-state index in [0.717, 1.165) is 13.1 Å². The second-order valence-electron chi connectivity index (χ2n) is 5.83. The number of pyridine rings is 1. The summed E-state index contributed by atoms with van der Waals surface area (Å²) < 4.78 is 26.8.